The molecule has 0 aliphatic heterocycles. The SMILES string of the molecule is O=C[C]1[CH][CH][CH][CH]1.[CH]1[CH][CH][CH][CH]1.[Ru]. The molecule has 2 fully saturated rings. The van der Waals surface area contributed by atoms with Crippen LogP contribution >= 0.6 is 0 Å². The van der Waals surface area contributed by atoms with E-state index in [0.29, 0.717) is 0 Å². The molecule has 2 aliphatic rings. The fraction of sp³-hybridized carbons (Fsp3) is 0. The predicted molar refractivity (Wildman–Crippen MR) is 48.0 cm³/mol. The van der Waals surface area contributed by atoms with E-state index >= 15 is 0 Å². The van der Waals surface area contributed by atoms with Crippen molar-refractivity contribution in [1.82, 2.24) is 0 Å². The summed E-state index contributed by atoms with van der Waals surface area (Å²) in [5, 5.41) is 0. The molecule has 0 aromatic rings. The molecule has 2 aliphatic carbocycles. The van der Waals surface area contributed by atoms with Gasteiger partial charge in [0, 0.05) is 25.4 Å². The monoisotopic (exact) mass is 260 g/mol. The van der Waals surface area contributed by atoms with Gasteiger partial charge in [0.1, 0.15) is 6.29 Å². The van der Waals surface area contributed by atoms with Crippen LogP contribution in [0.4, 0.5) is 0 Å². The number of aldehydes is 1. The predicted octanol–water partition coefficient (Wildman–Crippen LogP) is 1.61. The number of hydrogen-bond donors (Lipinski definition) is 0. The van der Waals surface area contributed by atoms with Crippen molar-refractivity contribution in [3.63, 3.8) is 0 Å². The van der Waals surface area contributed by atoms with Crippen LogP contribution in [0.2, 0.25) is 0 Å². The van der Waals surface area contributed by atoms with Gasteiger partial charge in [-0.05, 0) is 57.8 Å². The summed E-state index contributed by atoms with van der Waals surface area (Å²) in [7, 11) is 0. The number of carbonyl (C=O) groups is 1. The fourth-order valence-corrected chi connectivity index (χ4v) is 0.788. The maximum Gasteiger partial charge on any atom is 0.127 e. The first-order valence-corrected chi connectivity index (χ1v) is 3.77. The van der Waals surface area contributed by atoms with Crippen LogP contribution in [0.3, 0.4) is 0 Å². The van der Waals surface area contributed by atoms with Crippen molar-refractivity contribution in [2.45, 2.75) is 0 Å². The average molecular weight is 259 g/mol. The summed E-state index contributed by atoms with van der Waals surface area (Å²) >= 11 is 0. The smallest absolute Gasteiger partial charge is 0.127 e. The van der Waals surface area contributed by atoms with E-state index in [0.717, 1.165) is 12.2 Å². The van der Waals surface area contributed by atoms with E-state index in [-0.39, 0.29) is 19.5 Å². The van der Waals surface area contributed by atoms with Crippen LogP contribution in [0.15, 0.2) is 0 Å². The zero-order valence-electron chi connectivity index (χ0n) is 7.04. The Hall–Kier alpha value is 0.293. The van der Waals surface area contributed by atoms with Gasteiger partial charge in [0.25, 0.3) is 0 Å². The second kappa shape index (κ2) is 8.87. The van der Waals surface area contributed by atoms with Crippen molar-refractivity contribution in [2.75, 3.05) is 0 Å². The maximum atomic E-state index is 9.87. The molecular weight excluding hydrogens is 249 g/mol. The van der Waals surface area contributed by atoms with Crippen LogP contribution in [-0.2, 0) is 24.3 Å². The van der Waals surface area contributed by atoms with Crippen molar-refractivity contribution in [1.29, 1.82) is 0 Å². The number of rotatable bonds is 1. The Kier molecular flexibility index (Phi) is 9.07. The van der Waals surface area contributed by atoms with Gasteiger partial charge in [0.15, 0.2) is 0 Å². The minimum absolute atomic E-state index is 0. The first-order chi connectivity index (χ1) is 5.93. The van der Waals surface area contributed by atoms with Crippen LogP contribution < -0.4 is 0 Å². The van der Waals surface area contributed by atoms with E-state index in [2.05, 4.69) is 0 Å². The van der Waals surface area contributed by atoms with E-state index in [4.69, 9.17) is 0 Å². The molecule has 2 rings (SSSR count). The molecule has 13 heavy (non-hydrogen) atoms. The minimum Gasteiger partial charge on any atom is -0.303 e. The van der Waals surface area contributed by atoms with E-state index in [9.17, 15) is 4.79 Å². The molecule has 0 saturated heterocycles. The van der Waals surface area contributed by atoms with Gasteiger partial charge < -0.3 is 4.79 Å². The third-order valence-corrected chi connectivity index (χ3v) is 1.38. The quantitative estimate of drug-likeness (QED) is 0.516. The van der Waals surface area contributed by atoms with Gasteiger partial charge in [0.05, 0.1) is 0 Å². The average Bonchev–Trinajstić information content (AvgIpc) is 2.81. The van der Waals surface area contributed by atoms with Crippen LogP contribution in [0.1, 0.15) is 0 Å². The summed E-state index contributed by atoms with van der Waals surface area (Å²) < 4.78 is 0. The van der Waals surface area contributed by atoms with Gasteiger partial charge in [-0.3, -0.25) is 0 Å². The normalized spacial score (nSPS) is 21.5. The Morgan fingerprint density at radius 3 is 1.38 bits per heavy atom. The third-order valence-electron chi connectivity index (χ3n) is 1.38. The molecule has 0 atom stereocenters. The molecule has 2 heteroatoms. The second-order valence-electron chi connectivity index (χ2n) is 2.30. The number of hydrogen-bond acceptors (Lipinski definition) is 1. The van der Waals surface area contributed by atoms with Crippen molar-refractivity contribution in [3.05, 3.63) is 63.7 Å². The number of carbonyl (C=O) groups excluding carboxylic acids is 1. The molecule has 0 aromatic heterocycles. The molecule has 0 heterocycles. The van der Waals surface area contributed by atoms with Crippen LogP contribution in [0.5, 0.6) is 0 Å². The van der Waals surface area contributed by atoms with Gasteiger partial charge in [-0.1, -0.05) is 0 Å². The Morgan fingerprint density at radius 2 is 1.15 bits per heavy atom. The minimum atomic E-state index is 0. The summed E-state index contributed by atoms with van der Waals surface area (Å²) in [6, 6.07) is 0. The molecule has 0 bridgehead atoms. The molecule has 2 saturated carbocycles. The fourth-order valence-electron chi connectivity index (χ4n) is 0.788. The van der Waals surface area contributed by atoms with Crippen molar-refractivity contribution < 1.29 is 24.3 Å². The van der Waals surface area contributed by atoms with Crippen LogP contribution in [0.25, 0.3) is 0 Å². The molecule has 0 aromatic carbocycles. The standard InChI is InChI=1S/C6H5O.C5H5.Ru/c7-5-6-3-1-2-4-6;1-2-4-5-3-1;/h1-5H;1-5H;. The van der Waals surface area contributed by atoms with E-state index in [1.165, 1.54) is 0 Å². The summed E-state index contributed by atoms with van der Waals surface area (Å²) in [6.07, 6.45) is 18.0. The first kappa shape index (κ1) is 13.3. The van der Waals surface area contributed by atoms with E-state index in [1.807, 2.05) is 44.9 Å². The van der Waals surface area contributed by atoms with Gasteiger partial charge in [-0.25, -0.2) is 0 Å². The Balaban J connectivity index is 0.000000215. The van der Waals surface area contributed by atoms with Gasteiger partial charge >= 0.3 is 0 Å². The molecule has 0 spiro atoms. The summed E-state index contributed by atoms with van der Waals surface area (Å²) in [5.74, 6) is 0.750. The van der Waals surface area contributed by atoms with Crippen molar-refractivity contribution in [2.24, 2.45) is 0 Å². The van der Waals surface area contributed by atoms with E-state index in [1.54, 1.807) is 12.8 Å². The molecule has 68 valence electrons. The van der Waals surface area contributed by atoms with Gasteiger partial charge in [-0.15, -0.1) is 0 Å². The van der Waals surface area contributed by atoms with Crippen molar-refractivity contribution >= 4 is 6.29 Å². The molecule has 10 radical (unpaired) electrons. The van der Waals surface area contributed by atoms with Gasteiger partial charge in [0.2, 0.25) is 0 Å². The molecule has 0 unspecified atom stereocenters. The largest absolute Gasteiger partial charge is 0.303 e. The zero-order chi connectivity index (χ0) is 8.65. The summed E-state index contributed by atoms with van der Waals surface area (Å²) in [4.78, 5) is 9.87. The Morgan fingerprint density at radius 1 is 0.769 bits per heavy atom. The molecule has 1 nitrogen and oxygen atoms in total. The Bertz CT molecular complexity index is 108. The molecule has 0 amide bonds. The molecular formula is C11H10ORu. The summed E-state index contributed by atoms with van der Waals surface area (Å²) in [6.45, 7) is 0. The van der Waals surface area contributed by atoms with Crippen LogP contribution in [-0.4, -0.2) is 6.29 Å². The Labute approximate surface area is 94.4 Å². The first-order valence-electron chi connectivity index (χ1n) is 3.77. The maximum absolute atomic E-state index is 9.87. The van der Waals surface area contributed by atoms with Crippen molar-refractivity contribution in [3.8, 4) is 0 Å². The second-order valence-corrected chi connectivity index (χ2v) is 2.30. The van der Waals surface area contributed by atoms with Gasteiger partial charge in [-0.2, -0.15) is 0 Å². The zero-order valence-corrected chi connectivity index (χ0v) is 8.77. The summed E-state index contributed by atoms with van der Waals surface area (Å²) in [5.41, 5.74) is 0. The van der Waals surface area contributed by atoms with Crippen LogP contribution in [0, 0.1) is 63.7 Å². The van der Waals surface area contributed by atoms with E-state index < -0.39 is 0 Å². The topological polar surface area (TPSA) is 17.1 Å². The third kappa shape index (κ3) is 6.38. The molecule has 0 N–H and O–H groups in total.